The highest BCUT2D eigenvalue weighted by atomic mass is 32.1. The summed E-state index contributed by atoms with van der Waals surface area (Å²) in [4.78, 5) is 33.5. The lowest BCUT2D eigenvalue weighted by atomic mass is 10.1. The van der Waals surface area contributed by atoms with Gasteiger partial charge in [0.15, 0.2) is 5.11 Å². The van der Waals surface area contributed by atoms with E-state index >= 15 is 0 Å². The molecular weight excluding hydrogens is 467 g/mol. The van der Waals surface area contributed by atoms with Gasteiger partial charge in [-0.1, -0.05) is 0 Å². The lowest BCUT2D eigenvalue weighted by Crippen LogP contribution is -2.39. The van der Waals surface area contributed by atoms with Crippen LogP contribution in [0.4, 0.5) is 15.8 Å². The molecule has 0 unspecified atom stereocenters. The van der Waals surface area contributed by atoms with Gasteiger partial charge in [0.1, 0.15) is 17.6 Å². The van der Waals surface area contributed by atoms with Crippen LogP contribution in [-0.2, 0) is 16.0 Å². The van der Waals surface area contributed by atoms with Crippen LogP contribution in [0.1, 0.15) is 18.9 Å². The number of ether oxygens (including phenoxy) is 1. The van der Waals surface area contributed by atoms with Gasteiger partial charge in [-0.05, 0) is 91.8 Å². The highest BCUT2D eigenvalue weighted by Gasteiger charge is 2.43. The summed E-state index contributed by atoms with van der Waals surface area (Å²) in [6, 6.07) is 15.6. The molecule has 180 valence electrons. The van der Waals surface area contributed by atoms with Crippen LogP contribution in [-0.4, -0.2) is 46.0 Å². The number of anilines is 2. The molecule has 2 heterocycles. The largest absolute Gasteiger partial charge is 0.494 e. The number of amides is 2. The van der Waals surface area contributed by atoms with E-state index in [2.05, 4.69) is 10.3 Å². The van der Waals surface area contributed by atoms with E-state index < -0.39 is 11.9 Å². The van der Waals surface area contributed by atoms with E-state index in [1.807, 2.05) is 19.1 Å². The summed E-state index contributed by atoms with van der Waals surface area (Å²) in [6.07, 6.45) is 3.94. The van der Waals surface area contributed by atoms with Gasteiger partial charge in [-0.2, -0.15) is 0 Å². The van der Waals surface area contributed by atoms with Crippen molar-refractivity contribution in [3.8, 4) is 5.75 Å². The lowest BCUT2D eigenvalue weighted by molar-refractivity contribution is -0.124. The Kier molecular flexibility index (Phi) is 7.67. The Morgan fingerprint density at radius 3 is 2.43 bits per heavy atom. The fourth-order valence-electron chi connectivity index (χ4n) is 3.90. The Hall–Kier alpha value is -3.85. The molecule has 7 nitrogen and oxygen atoms in total. The topological polar surface area (TPSA) is 74.8 Å². The first-order valence-corrected chi connectivity index (χ1v) is 11.7. The predicted molar refractivity (Wildman–Crippen MR) is 136 cm³/mol. The van der Waals surface area contributed by atoms with E-state index in [0.29, 0.717) is 36.7 Å². The summed E-state index contributed by atoms with van der Waals surface area (Å²) < 4.78 is 18.9. The average molecular weight is 493 g/mol. The first-order valence-electron chi connectivity index (χ1n) is 11.3. The molecule has 35 heavy (non-hydrogen) atoms. The minimum Gasteiger partial charge on any atom is -0.494 e. The first kappa shape index (κ1) is 24.3. The fourth-order valence-corrected chi connectivity index (χ4v) is 4.32. The van der Waals surface area contributed by atoms with Crippen molar-refractivity contribution in [3.63, 3.8) is 0 Å². The maximum absolute atomic E-state index is 13.5. The number of nitrogens with one attached hydrogen (secondary N) is 1. The van der Waals surface area contributed by atoms with Gasteiger partial charge in [-0.15, -0.1) is 0 Å². The van der Waals surface area contributed by atoms with Crippen LogP contribution < -0.4 is 15.0 Å². The van der Waals surface area contributed by atoms with Gasteiger partial charge in [-0.3, -0.25) is 19.5 Å². The van der Waals surface area contributed by atoms with E-state index in [0.717, 1.165) is 5.56 Å². The molecule has 1 aromatic heterocycles. The van der Waals surface area contributed by atoms with Crippen LogP contribution in [0, 0.1) is 5.82 Å². The van der Waals surface area contributed by atoms with Crippen molar-refractivity contribution >= 4 is 40.5 Å². The van der Waals surface area contributed by atoms with Gasteiger partial charge in [0.2, 0.25) is 5.91 Å². The van der Waals surface area contributed by atoms with Crippen molar-refractivity contribution in [1.82, 2.24) is 9.88 Å². The van der Waals surface area contributed by atoms with Crippen molar-refractivity contribution in [2.75, 3.05) is 23.4 Å². The second-order valence-electron chi connectivity index (χ2n) is 7.96. The van der Waals surface area contributed by atoms with Crippen molar-refractivity contribution in [2.24, 2.45) is 0 Å². The number of halogens is 1. The molecule has 1 atom stereocenters. The van der Waals surface area contributed by atoms with Gasteiger partial charge in [0.05, 0.1) is 18.7 Å². The third-order valence-corrected chi connectivity index (χ3v) is 6.04. The summed E-state index contributed by atoms with van der Waals surface area (Å²) in [7, 11) is 0. The van der Waals surface area contributed by atoms with Crippen LogP contribution in [0.3, 0.4) is 0 Å². The van der Waals surface area contributed by atoms with Gasteiger partial charge in [0, 0.05) is 24.6 Å². The molecule has 0 spiro atoms. The van der Waals surface area contributed by atoms with Crippen molar-refractivity contribution < 1.29 is 18.7 Å². The standard InChI is InChI=1S/C26H25FN4O3S/c1-2-34-22-9-5-20(6-10-22)29-24(32)17-23-25(33)31(21-7-3-19(27)4-8-21)26(35)30(23)16-13-18-11-14-28-15-12-18/h3-12,14-15,23H,2,13,16-17H2,1H3,(H,29,32)/t23-/m0/s1. The fraction of sp³-hybridized carbons (Fsp3) is 0.231. The summed E-state index contributed by atoms with van der Waals surface area (Å²) in [5.74, 6) is -0.338. The highest BCUT2D eigenvalue weighted by Crippen LogP contribution is 2.28. The zero-order chi connectivity index (χ0) is 24.8. The van der Waals surface area contributed by atoms with Crippen LogP contribution in [0.5, 0.6) is 5.75 Å². The lowest BCUT2D eigenvalue weighted by Gasteiger charge is -2.24. The van der Waals surface area contributed by atoms with E-state index in [1.165, 1.54) is 29.2 Å². The maximum atomic E-state index is 13.5. The number of benzene rings is 2. The molecule has 2 amide bonds. The molecule has 2 aromatic carbocycles. The number of rotatable bonds is 9. The molecule has 0 bridgehead atoms. The molecule has 0 aliphatic carbocycles. The Labute approximate surface area is 208 Å². The Morgan fingerprint density at radius 2 is 1.77 bits per heavy atom. The second kappa shape index (κ2) is 11.1. The summed E-state index contributed by atoms with van der Waals surface area (Å²) in [6.45, 7) is 2.89. The van der Waals surface area contributed by atoms with E-state index in [9.17, 15) is 14.0 Å². The van der Waals surface area contributed by atoms with Crippen molar-refractivity contribution in [2.45, 2.75) is 25.8 Å². The number of pyridine rings is 1. The van der Waals surface area contributed by atoms with Crippen LogP contribution in [0.2, 0.25) is 0 Å². The number of hydrogen-bond donors (Lipinski definition) is 1. The molecule has 1 N–H and O–H groups in total. The summed E-state index contributed by atoms with van der Waals surface area (Å²) >= 11 is 5.65. The number of hydrogen-bond acceptors (Lipinski definition) is 5. The molecule has 1 fully saturated rings. The first-order chi connectivity index (χ1) is 17.0. The Balaban J connectivity index is 1.52. The molecule has 1 aliphatic heterocycles. The third kappa shape index (κ3) is 5.81. The zero-order valence-corrected chi connectivity index (χ0v) is 20.0. The monoisotopic (exact) mass is 492 g/mol. The molecule has 9 heteroatoms. The van der Waals surface area contributed by atoms with Gasteiger partial charge in [-0.25, -0.2) is 4.39 Å². The van der Waals surface area contributed by atoms with Crippen LogP contribution >= 0.6 is 12.2 Å². The summed E-state index contributed by atoms with van der Waals surface area (Å²) in [5, 5.41) is 3.12. The van der Waals surface area contributed by atoms with Gasteiger partial charge in [0.25, 0.3) is 5.91 Å². The minimum absolute atomic E-state index is 0.0831. The SMILES string of the molecule is CCOc1ccc(NC(=O)C[C@H]2C(=O)N(c3ccc(F)cc3)C(=S)N2CCc2ccncc2)cc1. The number of thiocarbonyl (C=S) groups is 1. The molecule has 3 aromatic rings. The van der Waals surface area contributed by atoms with Gasteiger partial charge >= 0.3 is 0 Å². The molecular formula is C26H25FN4O3S. The second-order valence-corrected chi connectivity index (χ2v) is 8.32. The van der Waals surface area contributed by atoms with Crippen molar-refractivity contribution in [3.05, 3.63) is 84.4 Å². The molecule has 1 saturated heterocycles. The Bertz CT molecular complexity index is 1190. The number of carbonyl (C=O) groups excluding carboxylic acids is 2. The molecule has 0 radical (unpaired) electrons. The third-order valence-electron chi connectivity index (χ3n) is 5.62. The molecule has 0 saturated carbocycles. The number of carbonyl (C=O) groups is 2. The molecule has 1 aliphatic rings. The highest BCUT2D eigenvalue weighted by molar-refractivity contribution is 7.80. The predicted octanol–water partition coefficient (Wildman–Crippen LogP) is 4.19. The molecule has 4 rings (SSSR count). The minimum atomic E-state index is -0.780. The van der Waals surface area contributed by atoms with E-state index in [4.69, 9.17) is 17.0 Å². The maximum Gasteiger partial charge on any atom is 0.256 e. The van der Waals surface area contributed by atoms with Crippen LogP contribution in [0.15, 0.2) is 73.1 Å². The Morgan fingerprint density at radius 1 is 1.09 bits per heavy atom. The van der Waals surface area contributed by atoms with E-state index in [-0.39, 0.29) is 23.3 Å². The van der Waals surface area contributed by atoms with Crippen LogP contribution in [0.25, 0.3) is 0 Å². The van der Waals surface area contributed by atoms with Crippen molar-refractivity contribution in [1.29, 1.82) is 0 Å². The summed E-state index contributed by atoms with van der Waals surface area (Å²) in [5.41, 5.74) is 2.10. The average Bonchev–Trinajstić information content (AvgIpc) is 3.09. The number of nitrogens with zero attached hydrogens (tertiary/aromatic N) is 3. The smallest absolute Gasteiger partial charge is 0.256 e. The normalized spacial score (nSPS) is 15.4. The van der Waals surface area contributed by atoms with E-state index in [1.54, 1.807) is 41.6 Å². The van der Waals surface area contributed by atoms with Gasteiger partial charge < -0.3 is 15.0 Å². The zero-order valence-electron chi connectivity index (χ0n) is 19.2. The number of aromatic nitrogens is 1. The quantitative estimate of drug-likeness (QED) is 0.452.